The van der Waals surface area contributed by atoms with Crippen LogP contribution in [0.3, 0.4) is 0 Å². The molecule has 2 nitrogen and oxygen atoms in total. The van der Waals surface area contributed by atoms with Gasteiger partial charge in [0.05, 0.1) is 0 Å². The molecule has 14 heavy (non-hydrogen) atoms. The van der Waals surface area contributed by atoms with Gasteiger partial charge >= 0.3 is 0 Å². The summed E-state index contributed by atoms with van der Waals surface area (Å²) in [6.45, 7) is 2.16. The van der Waals surface area contributed by atoms with Crippen LogP contribution in [0.2, 0.25) is 0 Å². The van der Waals surface area contributed by atoms with Crippen molar-refractivity contribution in [3.63, 3.8) is 0 Å². The summed E-state index contributed by atoms with van der Waals surface area (Å²) in [5.41, 5.74) is 6.89. The van der Waals surface area contributed by atoms with Crippen LogP contribution in [0.1, 0.15) is 25.3 Å². The molecule has 1 unspecified atom stereocenters. The molecule has 78 valence electrons. The third-order valence-corrected chi connectivity index (χ3v) is 3.14. The van der Waals surface area contributed by atoms with Gasteiger partial charge in [-0.3, -0.25) is 0 Å². The summed E-state index contributed by atoms with van der Waals surface area (Å²) in [4.78, 5) is 0. The molecule has 0 fully saturated rings. The van der Waals surface area contributed by atoms with Crippen LogP contribution in [0.4, 0.5) is 0 Å². The molecule has 0 bridgehead atoms. The van der Waals surface area contributed by atoms with Crippen LogP contribution in [-0.4, -0.2) is 11.7 Å². The highest BCUT2D eigenvalue weighted by atomic mass is 79.9. The third kappa shape index (κ3) is 2.56. The van der Waals surface area contributed by atoms with Crippen LogP contribution in [0.25, 0.3) is 0 Å². The highest BCUT2D eigenvalue weighted by Gasteiger charge is 2.23. The van der Waals surface area contributed by atoms with E-state index in [0.717, 1.165) is 16.5 Å². The summed E-state index contributed by atoms with van der Waals surface area (Å²) in [6, 6.07) is 7.96. The molecule has 0 aromatic heterocycles. The van der Waals surface area contributed by atoms with Crippen LogP contribution >= 0.6 is 15.9 Å². The van der Waals surface area contributed by atoms with Gasteiger partial charge in [0.1, 0.15) is 0 Å². The van der Waals surface area contributed by atoms with Gasteiger partial charge in [-0.15, -0.1) is 0 Å². The SMILES string of the molecule is CCC(N)(CCO)c1ccc(Br)cc1. The zero-order valence-corrected chi connectivity index (χ0v) is 9.92. The molecule has 0 amide bonds. The highest BCUT2D eigenvalue weighted by molar-refractivity contribution is 9.10. The molecule has 0 saturated carbocycles. The van der Waals surface area contributed by atoms with Gasteiger partial charge in [-0.05, 0) is 30.5 Å². The number of benzene rings is 1. The molecule has 1 aromatic rings. The molecular formula is C11H16BrNO. The minimum Gasteiger partial charge on any atom is -0.396 e. The highest BCUT2D eigenvalue weighted by Crippen LogP contribution is 2.26. The lowest BCUT2D eigenvalue weighted by molar-refractivity contribution is 0.235. The van der Waals surface area contributed by atoms with Gasteiger partial charge in [0.15, 0.2) is 0 Å². The fourth-order valence-corrected chi connectivity index (χ4v) is 1.77. The van der Waals surface area contributed by atoms with E-state index in [1.165, 1.54) is 0 Å². The summed E-state index contributed by atoms with van der Waals surface area (Å²) in [5, 5.41) is 8.96. The van der Waals surface area contributed by atoms with Crippen molar-refractivity contribution in [2.75, 3.05) is 6.61 Å². The van der Waals surface area contributed by atoms with Crippen molar-refractivity contribution in [1.82, 2.24) is 0 Å². The Bertz CT molecular complexity index is 286. The molecule has 0 heterocycles. The third-order valence-electron chi connectivity index (χ3n) is 2.61. The van der Waals surface area contributed by atoms with Gasteiger partial charge in [0, 0.05) is 16.6 Å². The lowest BCUT2D eigenvalue weighted by atomic mass is 9.85. The molecule has 1 aromatic carbocycles. The Morgan fingerprint density at radius 3 is 2.36 bits per heavy atom. The summed E-state index contributed by atoms with van der Waals surface area (Å²) >= 11 is 3.38. The van der Waals surface area contributed by atoms with Crippen molar-refractivity contribution >= 4 is 15.9 Å². The second-order valence-corrected chi connectivity index (χ2v) is 4.41. The van der Waals surface area contributed by atoms with E-state index in [1.807, 2.05) is 31.2 Å². The average molecular weight is 258 g/mol. The van der Waals surface area contributed by atoms with Crippen molar-refractivity contribution < 1.29 is 5.11 Å². The summed E-state index contributed by atoms with van der Waals surface area (Å²) in [7, 11) is 0. The van der Waals surface area contributed by atoms with E-state index in [1.54, 1.807) is 0 Å². The second kappa shape index (κ2) is 4.91. The summed E-state index contributed by atoms with van der Waals surface area (Å²) < 4.78 is 1.05. The lowest BCUT2D eigenvalue weighted by Gasteiger charge is -2.28. The van der Waals surface area contributed by atoms with Gasteiger partial charge in [-0.1, -0.05) is 35.0 Å². The standard InChI is InChI=1S/C11H16BrNO/c1-2-11(13,7-8-14)9-3-5-10(12)6-4-9/h3-6,14H,2,7-8,13H2,1H3. The molecule has 0 aliphatic carbocycles. The first-order valence-corrected chi connectivity index (χ1v) is 5.57. The average Bonchev–Trinajstić information content (AvgIpc) is 2.19. The van der Waals surface area contributed by atoms with E-state index >= 15 is 0 Å². The Labute approximate surface area is 93.3 Å². The predicted molar refractivity (Wildman–Crippen MR) is 62.0 cm³/mol. The van der Waals surface area contributed by atoms with Gasteiger partial charge in [-0.2, -0.15) is 0 Å². The lowest BCUT2D eigenvalue weighted by Crippen LogP contribution is -2.36. The van der Waals surface area contributed by atoms with Gasteiger partial charge in [0.25, 0.3) is 0 Å². The Balaban J connectivity index is 2.94. The summed E-state index contributed by atoms with van der Waals surface area (Å²) in [6.07, 6.45) is 1.43. The zero-order valence-electron chi connectivity index (χ0n) is 8.33. The smallest absolute Gasteiger partial charge is 0.0451 e. The van der Waals surface area contributed by atoms with E-state index < -0.39 is 5.54 Å². The number of hydrogen-bond donors (Lipinski definition) is 2. The maximum absolute atomic E-state index is 8.96. The van der Waals surface area contributed by atoms with E-state index in [2.05, 4.69) is 15.9 Å². The first-order chi connectivity index (χ1) is 6.62. The maximum Gasteiger partial charge on any atom is 0.0451 e. The molecule has 1 rings (SSSR count). The number of nitrogens with two attached hydrogens (primary N) is 1. The summed E-state index contributed by atoms with van der Waals surface area (Å²) in [5.74, 6) is 0. The van der Waals surface area contributed by atoms with Crippen LogP contribution in [-0.2, 0) is 5.54 Å². The Morgan fingerprint density at radius 2 is 1.93 bits per heavy atom. The number of halogens is 1. The number of hydrogen-bond acceptors (Lipinski definition) is 2. The molecule has 3 heteroatoms. The maximum atomic E-state index is 8.96. The van der Waals surface area contributed by atoms with Crippen molar-refractivity contribution in [1.29, 1.82) is 0 Å². The first kappa shape index (κ1) is 11.7. The minimum atomic E-state index is -0.393. The van der Waals surface area contributed by atoms with Crippen molar-refractivity contribution in [2.24, 2.45) is 5.73 Å². The first-order valence-electron chi connectivity index (χ1n) is 4.78. The fourth-order valence-electron chi connectivity index (χ4n) is 1.51. The van der Waals surface area contributed by atoms with Gasteiger partial charge < -0.3 is 10.8 Å². The molecule has 0 spiro atoms. The van der Waals surface area contributed by atoms with Crippen molar-refractivity contribution in [3.05, 3.63) is 34.3 Å². The van der Waals surface area contributed by atoms with E-state index in [-0.39, 0.29) is 6.61 Å². The zero-order chi connectivity index (χ0) is 10.6. The van der Waals surface area contributed by atoms with Crippen LogP contribution in [0.5, 0.6) is 0 Å². The van der Waals surface area contributed by atoms with Crippen LogP contribution < -0.4 is 5.73 Å². The molecule has 1 atom stereocenters. The quantitative estimate of drug-likeness (QED) is 0.871. The van der Waals surface area contributed by atoms with E-state index in [9.17, 15) is 0 Å². The topological polar surface area (TPSA) is 46.2 Å². The largest absolute Gasteiger partial charge is 0.396 e. The molecule has 0 aliphatic rings. The van der Waals surface area contributed by atoms with Crippen molar-refractivity contribution in [2.45, 2.75) is 25.3 Å². The molecule has 3 N–H and O–H groups in total. The Morgan fingerprint density at radius 1 is 1.36 bits per heavy atom. The normalized spacial score (nSPS) is 15.1. The minimum absolute atomic E-state index is 0.125. The van der Waals surface area contributed by atoms with E-state index in [0.29, 0.717) is 6.42 Å². The van der Waals surface area contributed by atoms with Crippen molar-refractivity contribution in [3.8, 4) is 0 Å². The number of aliphatic hydroxyl groups excluding tert-OH is 1. The monoisotopic (exact) mass is 257 g/mol. The predicted octanol–water partition coefficient (Wildman–Crippen LogP) is 2.40. The molecular weight excluding hydrogens is 242 g/mol. The van der Waals surface area contributed by atoms with Gasteiger partial charge in [-0.25, -0.2) is 0 Å². The number of rotatable bonds is 4. The fraction of sp³-hybridized carbons (Fsp3) is 0.455. The Kier molecular flexibility index (Phi) is 4.11. The van der Waals surface area contributed by atoms with Crippen LogP contribution in [0, 0.1) is 0 Å². The second-order valence-electron chi connectivity index (χ2n) is 3.49. The Hall–Kier alpha value is -0.380. The molecule has 0 radical (unpaired) electrons. The molecule has 0 aliphatic heterocycles. The molecule has 0 saturated heterocycles. The number of aliphatic hydroxyl groups is 1. The van der Waals surface area contributed by atoms with Crippen LogP contribution in [0.15, 0.2) is 28.7 Å². The van der Waals surface area contributed by atoms with E-state index in [4.69, 9.17) is 10.8 Å². The van der Waals surface area contributed by atoms with Gasteiger partial charge in [0.2, 0.25) is 0 Å².